The Morgan fingerprint density at radius 1 is 1.32 bits per heavy atom. The second-order valence-electron chi connectivity index (χ2n) is 6.41. The maximum Gasteiger partial charge on any atom is 0.120 e. The Balaban J connectivity index is 2.76. The average Bonchev–Trinajstić information content (AvgIpc) is 2.38. The lowest BCUT2D eigenvalue weighted by Crippen LogP contribution is -2.57. The van der Waals surface area contributed by atoms with Crippen LogP contribution in [0.5, 0.6) is 0 Å². The van der Waals surface area contributed by atoms with Crippen LogP contribution in [0.2, 0.25) is 0 Å². The van der Waals surface area contributed by atoms with Crippen LogP contribution in [-0.2, 0) is 4.79 Å². The summed E-state index contributed by atoms with van der Waals surface area (Å²) in [5.74, 6) is 0.941. The molecule has 0 saturated carbocycles. The Morgan fingerprint density at radius 3 is 2.32 bits per heavy atom. The van der Waals surface area contributed by atoms with E-state index in [2.05, 4.69) is 44.5 Å². The number of aldehydes is 1. The summed E-state index contributed by atoms with van der Waals surface area (Å²) in [6.45, 7) is 12.6. The van der Waals surface area contributed by atoms with Gasteiger partial charge in [0.25, 0.3) is 0 Å². The van der Waals surface area contributed by atoms with E-state index in [9.17, 15) is 4.79 Å². The largest absolute Gasteiger partial charge is 0.303 e. The van der Waals surface area contributed by atoms with E-state index in [1.165, 1.54) is 25.9 Å². The summed E-state index contributed by atoms with van der Waals surface area (Å²) in [6.07, 6.45) is 4.09. The van der Waals surface area contributed by atoms with Crippen LogP contribution in [0.1, 0.15) is 47.0 Å². The van der Waals surface area contributed by atoms with Crippen molar-refractivity contribution < 1.29 is 4.79 Å². The molecule has 0 radical (unpaired) electrons. The Kier molecular flexibility index (Phi) is 6.34. The van der Waals surface area contributed by atoms with E-state index < -0.39 is 0 Å². The lowest BCUT2D eigenvalue weighted by molar-refractivity contribution is -0.107. The Morgan fingerprint density at radius 2 is 1.89 bits per heavy atom. The molecule has 0 amide bonds. The number of carbonyl (C=O) groups is 1. The van der Waals surface area contributed by atoms with E-state index in [1.54, 1.807) is 0 Å². The van der Waals surface area contributed by atoms with Crippen LogP contribution >= 0.6 is 11.8 Å². The molecule has 0 bridgehead atoms. The molecule has 1 aliphatic rings. The molecular formula is C15H30N2OS. The third-order valence-corrected chi connectivity index (χ3v) is 5.97. The SMILES string of the molecule is CCN1CCC(SCCC=O)(N(C)C(C)(C)C)CC1. The topological polar surface area (TPSA) is 23.6 Å². The number of carbonyl (C=O) groups excluding carboxylic acids is 1. The van der Waals surface area contributed by atoms with Crippen molar-refractivity contribution in [2.75, 3.05) is 32.4 Å². The van der Waals surface area contributed by atoms with Gasteiger partial charge in [0.2, 0.25) is 0 Å². The van der Waals surface area contributed by atoms with Gasteiger partial charge in [-0.3, -0.25) is 4.90 Å². The maximum absolute atomic E-state index is 10.6. The lowest BCUT2D eigenvalue weighted by atomic mass is 9.96. The first kappa shape index (κ1) is 17.0. The zero-order chi connectivity index (χ0) is 14.5. The molecule has 112 valence electrons. The fraction of sp³-hybridized carbons (Fsp3) is 0.933. The van der Waals surface area contributed by atoms with Gasteiger partial charge in [0.1, 0.15) is 6.29 Å². The van der Waals surface area contributed by atoms with Gasteiger partial charge < -0.3 is 9.69 Å². The third-order valence-electron chi connectivity index (χ3n) is 4.31. The number of hydrogen-bond donors (Lipinski definition) is 0. The number of hydrogen-bond acceptors (Lipinski definition) is 4. The summed E-state index contributed by atoms with van der Waals surface area (Å²) < 4.78 is 0. The highest BCUT2D eigenvalue weighted by Gasteiger charge is 2.42. The molecule has 4 heteroatoms. The molecule has 0 aromatic rings. The highest BCUT2D eigenvalue weighted by Crippen LogP contribution is 2.42. The minimum atomic E-state index is 0.169. The Hall–Kier alpha value is -0.0600. The molecule has 19 heavy (non-hydrogen) atoms. The van der Waals surface area contributed by atoms with Crippen LogP contribution in [0.4, 0.5) is 0 Å². The molecule has 1 aliphatic heterocycles. The van der Waals surface area contributed by atoms with Crippen molar-refractivity contribution >= 4 is 18.0 Å². The smallest absolute Gasteiger partial charge is 0.120 e. The zero-order valence-electron chi connectivity index (χ0n) is 13.2. The molecule has 1 rings (SSSR count). The summed E-state index contributed by atoms with van der Waals surface area (Å²) in [7, 11) is 2.25. The second-order valence-corrected chi connectivity index (χ2v) is 7.87. The molecule has 1 fully saturated rings. The quantitative estimate of drug-likeness (QED) is 0.425. The molecule has 0 aromatic heterocycles. The molecule has 0 spiro atoms. The van der Waals surface area contributed by atoms with Crippen LogP contribution in [-0.4, -0.2) is 58.9 Å². The predicted molar refractivity (Wildman–Crippen MR) is 84.7 cm³/mol. The van der Waals surface area contributed by atoms with Gasteiger partial charge in [-0.2, -0.15) is 0 Å². The second kappa shape index (κ2) is 7.09. The first-order valence-corrected chi connectivity index (χ1v) is 8.38. The van der Waals surface area contributed by atoms with Crippen LogP contribution in [0.3, 0.4) is 0 Å². The zero-order valence-corrected chi connectivity index (χ0v) is 14.1. The van der Waals surface area contributed by atoms with Gasteiger partial charge in [0.05, 0.1) is 4.87 Å². The van der Waals surface area contributed by atoms with Gasteiger partial charge in [-0.05, 0) is 47.2 Å². The highest BCUT2D eigenvalue weighted by atomic mass is 32.2. The number of piperidine rings is 1. The van der Waals surface area contributed by atoms with Gasteiger partial charge in [0, 0.05) is 30.8 Å². The molecule has 0 N–H and O–H groups in total. The van der Waals surface area contributed by atoms with E-state index in [1.807, 2.05) is 11.8 Å². The van der Waals surface area contributed by atoms with Crippen molar-refractivity contribution in [1.82, 2.24) is 9.80 Å². The Bertz CT molecular complexity index is 280. The van der Waals surface area contributed by atoms with Crippen LogP contribution < -0.4 is 0 Å². The minimum Gasteiger partial charge on any atom is -0.303 e. The molecule has 3 nitrogen and oxygen atoms in total. The standard InChI is InChI=1S/C15H30N2OS/c1-6-17-10-8-15(9-11-17,19-13-7-12-18)16(5)14(2,3)4/h12H,6-11,13H2,1-5H3. The van der Waals surface area contributed by atoms with E-state index >= 15 is 0 Å². The van der Waals surface area contributed by atoms with Crippen LogP contribution in [0.25, 0.3) is 0 Å². The van der Waals surface area contributed by atoms with Crippen molar-refractivity contribution in [2.24, 2.45) is 0 Å². The lowest BCUT2D eigenvalue weighted by Gasteiger charge is -2.52. The average molecular weight is 286 g/mol. The van der Waals surface area contributed by atoms with Crippen molar-refractivity contribution in [2.45, 2.75) is 57.4 Å². The molecule has 1 saturated heterocycles. The van der Waals surface area contributed by atoms with Crippen molar-refractivity contribution in [3.05, 3.63) is 0 Å². The fourth-order valence-electron chi connectivity index (χ4n) is 2.70. The van der Waals surface area contributed by atoms with E-state index in [-0.39, 0.29) is 10.4 Å². The fourth-order valence-corrected chi connectivity index (χ4v) is 4.24. The summed E-state index contributed by atoms with van der Waals surface area (Å²) in [5.41, 5.74) is 0.169. The maximum atomic E-state index is 10.6. The minimum absolute atomic E-state index is 0.169. The van der Waals surface area contributed by atoms with E-state index in [0.717, 1.165) is 18.6 Å². The number of likely N-dealkylation sites (tertiary alicyclic amines) is 1. The summed E-state index contributed by atoms with van der Waals surface area (Å²) in [4.78, 5) is 15.8. The molecule has 0 unspecified atom stereocenters. The highest BCUT2D eigenvalue weighted by molar-refractivity contribution is 8.00. The summed E-state index contributed by atoms with van der Waals surface area (Å²) in [6, 6.07) is 0. The monoisotopic (exact) mass is 286 g/mol. The van der Waals surface area contributed by atoms with E-state index in [0.29, 0.717) is 6.42 Å². The Labute approximate surface area is 123 Å². The molecule has 0 atom stereocenters. The van der Waals surface area contributed by atoms with Gasteiger partial charge in [0.15, 0.2) is 0 Å². The number of rotatable bonds is 6. The molecular weight excluding hydrogens is 256 g/mol. The number of thioether (sulfide) groups is 1. The molecule has 0 aliphatic carbocycles. The van der Waals surface area contributed by atoms with E-state index in [4.69, 9.17) is 0 Å². The van der Waals surface area contributed by atoms with Crippen molar-refractivity contribution in [3.8, 4) is 0 Å². The third kappa shape index (κ3) is 4.47. The van der Waals surface area contributed by atoms with Gasteiger partial charge in [-0.15, -0.1) is 11.8 Å². The van der Waals surface area contributed by atoms with Gasteiger partial charge in [-0.1, -0.05) is 6.92 Å². The van der Waals surface area contributed by atoms with Gasteiger partial charge >= 0.3 is 0 Å². The summed E-state index contributed by atoms with van der Waals surface area (Å²) >= 11 is 1.98. The molecule has 0 aromatic carbocycles. The van der Waals surface area contributed by atoms with Crippen LogP contribution in [0.15, 0.2) is 0 Å². The van der Waals surface area contributed by atoms with Crippen LogP contribution in [0, 0.1) is 0 Å². The van der Waals surface area contributed by atoms with Crippen molar-refractivity contribution in [1.29, 1.82) is 0 Å². The first-order valence-electron chi connectivity index (χ1n) is 7.39. The first-order chi connectivity index (χ1) is 8.85. The normalized spacial score (nSPS) is 20.7. The van der Waals surface area contributed by atoms with Crippen molar-refractivity contribution in [3.63, 3.8) is 0 Å². The van der Waals surface area contributed by atoms with Gasteiger partial charge in [-0.25, -0.2) is 0 Å². The molecule has 1 heterocycles. The number of nitrogens with zero attached hydrogens (tertiary/aromatic N) is 2. The summed E-state index contributed by atoms with van der Waals surface area (Å²) in [5, 5.41) is 0. The predicted octanol–water partition coefficient (Wildman–Crippen LogP) is 2.85.